The second-order valence-corrected chi connectivity index (χ2v) is 2.54. The van der Waals surface area contributed by atoms with Gasteiger partial charge >= 0.3 is 0 Å². The fourth-order valence-corrected chi connectivity index (χ4v) is 0.859. The van der Waals surface area contributed by atoms with E-state index in [1.54, 1.807) is 13.2 Å². The Bertz CT molecular complexity index is 264. The third-order valence-electron chi connectivity index (χ3n) is 1.62. The summed E-state index contributed by atoms with van der Waals surface area (Å²) in [4.78, 5) is 7.81. The van der Waals surface area contributed by atoms with Gasteiger partial charge in [0, 0.05) is 34.4 Å². The second kappa shape index (κ2) is 8.80. The number of hydrogen-bond donors (Lipinski definition) is 3. The lowest BCUT2D eigenvalue weighted by atomic mass is 10.5. The summed E-state index contributed by atoms with van der Waals surface area (Å²) in [5, 5.41) is 8.60. The Morgan fingerprint density at radius 1 is 1.20 bits per heavy atom. The van der Waals surface area contributed by atoms with E-state index in [9.17, 15) is 0 Å². The van der Waals surface area contributed by atoms with Gasteiger partial charge in [-0.1, -0.05) is 6.07 Å². The first-order valence-corrected chi connectivity index (χ1v) is 4.69. The van der Waals surface area contributed by atoms with Crippen LogP contribution in [0.4, 0.5) is 5.82 Å². The van der Waals surface area contributed by atoms with Crippen LogP contribution in [0, 0.1) is 0 Å². The van der Waals surface area contributed by atoms with E-state index in [-0.39, 0.29) is 0 Å². The number of pyridine rings is 1. The SMILES string of the molecule is CN=C(NC)NC.CNc1ccccn1. The number of nitrogens with zero attached hydrogens (tertiary/aromatic N) is 2. The quantitative estimate of drug-likeness (QED) is 0.466. The van der Waals surface area contributed by atoms with Gasteiger partial charge in [-0.25, -0.2) is 4.98 Å². The molecule has 1 rings (SSSR count). The van der Waals surface area contributed by atoms with E-state index in [1.807, 2.05) is 39.3 Å². The number of rotatable bonds is 1. The van der Waals surface area contributed by atoms with Gasteiger partial charge in [0.1, 0.15) is 5.82 Å². The van der Waals surface area contributed by atoms with Crippen LogP contribution in [0.1, 0.15) is 0 Å². The maximum Gasteiger partial charge on any atom is 0.190 e. The van der Waals surface area contributed by atoms with E-state index in [0.717, 1.165) is 11.8 Å². The minimum atomic E-state index is 0.806. The molecule has 0 amide bonds. The van der Waals surface area contributed by atoms with Crippen molar-refractivity contribution in [2.24, 2.45) is 4.99 Å². The van der Waals surface area contributed by atoms with E-state index in [1.165, 1.54) is 0 Å². The number of aliphatic imine (C=N–C) groups is 1. The molecule has 0 radical (unpaired) electrons. The van der Waals surface area contributed by atoms with Crippen LogP contribution in [0.3, 0.4) is 0 Å². The van der Waals surface area contributed by atoms with Crippen molar-refractivity contribution in [1.29, 1.82) is 0 Å². The van der Waals surface area contributed by atoms with Crippen LogP contribution in [0.2, 0.25) is 0 Å². The fourth-order valence-electron chi connectivity index (χ4n) is 0.859. The van der Waals surface area contributed by atoms with Crippen LogP contribution in [0.25, 0.3) is 0 Å². The summed E-state index contributed by atoms with van der Waals surface area (Å²) in [5.41, 5.74) is 0. The second-order valence-electron chi connectivity index (χ2n) is 2.54. The van der Waals surface area contributed by atoms with E-state index in [2.05, 4.69) is 25.9 Å². The number of aromatic nitrogens is 1. The minimum absolute atomic E-state index is 0.806. The van der Waals surface area contributed by atoms with E-state index < -0.39 is 0 Å². The van der Waals surface area contributed by atoms with Crippen molar-refractivity contribution in [3.05, 3.63) is 24.4 Å². The van der Waals surface area contributed by atoms with Gasteiger partial charge in [0.15, 0.2) is 5.96 Å². The van der Waals surface area contributed by atoms with Crippen molar-refractivity contribution in [3.63, 3.8) is 0 Å². The first-order valence-electron chi connectivity index (χ1n) is 4.69. The number of hydrogen-bond acceptors (Lipinski definition) is 3. The first-order chi connectivity index (χ1) is 7.28. The van der Waals surface area contributed by atoms with E-state index >= 15 is 0 Å². The predicted octanol–water partition coefficient (Wildman–Crippen LogP) is 0.534. The topological polar surface area (TPSA) is 61.3 Å². The third kappa shape index (κ3) is 6.31. The zero-order chi connectivity index (χ0) is 11.5. The Morgan fingerprint density at radius 2 is 1.87 bits per heavy atom. The molecule has 1 aromatic rings. The smallest absolute Gasteiger partial charge is 0.190 e. The molecule has 1 heterocycles. The van der Waals surface area contributed by atoms with Crippen LogP contribution in [-0.4, -0.2) is 39.1 Å². The molecule has 84 valence electrons. The Kier molecular flexibility index (Phi) is 7.76. The van der Waals surface area contributed by atoms with E-state index in [4.69, 9.17) is 0 Å². The molecule has 0 saturated carbocycles. The minimum Gasteiger partial charge on any atom is -0.373 e. The van der Waals surface area contributed by atoms with Gasteiger partial charge in [-0.2, -0.15) is 0 Å². The van der Waals surface area contributed by atoms with Crippen LogP contribution >= 0.6 is 0 Å². The van der Waals surface area contributed by atoms with Gasteiger partial charge < -0.3 is 16.0 Å². The Labute approximate surface area is 91.0 Å². The zero-order valence-corrected chi connectivity index (χ0v) is 9.70. The summed E-state index contributed by atoms with van der Waals surface area (Å²) in [6, 6.07) is 5.75. The summed E-state index contributed by atoms with van der Waals surface area (Å²) < 4.78 is 0. The van der Waals surface area contributed by atoms with Gasteiger partial charge in [-0.05, 0) is 12.1 Å². The third-order valence-corrected chi connectivity index (χ3v) is 1.62. The van der Waals surface area contributed by atoms with Crippen molar-refractivity contribution in [3.8, 4) is 0 Å². The zero-order valence-electron chi connectivity index (χ0n) is 9.70. The lowest BCUT2D eigenvalue weighted by Crippen LogP contribution is -2.31. The Balaban J connectivity index is 0.000000265. The largest absolute Gasteiger partial charge is 0.373 e. The molecule has 3 N–H and O–H groups in total. The van der Waals surface area contributed by atoms with Crippen molar-refractivity contribution in [1.82, 2.24) is 15.6 Å². The standard InChI is InChI=1S/C6H8N2.C4H11N3/c1-7-6-4-2-3-5-8-6;1-5-4(6-2)7-3/h2-5H,1H3,(H,7,8);1-3H3,(H2,5,6,7). The summed E-state index contributed by atoms with van der Waals surface area (Å²) in [6.07, 6.45) is 1.76. The lowest BCUT2D eigenvalue weighted by molar-refractivity contribution is 1.01. The van der Waals surface area contributed by atoms with Gasteiger partial charge in [0.05, 0.1) is 0 Å². The highest BCUT2D eigenvalue weighted by molar-refractivity contribution is 5.78. The lowest BCUT2D eigenvalue weighted by Gasteiger charge is -1.99. The molecule has 0 aliphatic rings. The molecule has 0 aliphatic carbocycles. The molecule has 5 heteroatoms. The summed E-state index contributed by atoms with van der Waals surface area (Å²) in [5.74, 6) is 1.72. The number of anilines is 1. The molecule has 15 heavy (non-hydrogen) atoms. The summed E-state index contributed by atoms with van der Waals surface area (Å²) in [7, 11) is 7.21. The average molecular weight is 209 g/mol. The maximum absolute atomic E-state index is 3.99. The Hall–Kier alpha value is -1.78. The summed E-state index contributed by atoms with van der Waals surface area (Å²) in [6.45, 7) is 0. The molecule has 0 atom stereocenters. The predicted molar refractivity (Wildman–Crippen MR) is 65.3 cm³/mol. The van der Waals surface area contributed by atoms with Crippen molar-refractivity contribution in [2.75, 3.05) is 33.5 Å². The van der Waals surface area contributed by atoms with Gasteiger partial charge in [0.25, 0.3) is 0 Å². The van der Waals surface area contributed by atoms with Crippen LogP contribution in [0.5, 0.6) is 0 Å². The molecular formula is C10H19N5. The molecule has 0 aromatic carbocycles. The van der Waals surface area contributed by atoms with Gasteiger partial charge in [0.2, 0.25) is 0 Å². The highest BCUT2D eigenvalue weighted by Gasteiger charge is 1.80. The van der Waals surface area contributed by atoms with Crippen molar-refractivity contribution in [2.45, 2.75) is 0 Å². The molecule has 0 saturated heterocycles. The molecule has 5 nitrogen and oxygen atoms in total. The summed E-state index contributed by atoms with van der Waals surface area (Å²) >= 11 is 0. The molecule has 1 aromatic heterocycles. The van der Waals surface area contributed by atoms with Gasteiger partial charge in [-0.3, -0.25) is 4.99 Å². The maximum atomic E-state index is 3.99. The monoisotopic (exact) mass is 209 g/mol. The highest BCUT2D eigenvalue weighted by atomic mass is 15.1. The van der Waals surface area contributed by atoms with Crippen LogP contribution in [-0.2, 0) is 0 Å². The van der Waals surface area contributed by atoms with Gasteiger partial charge in [-0.15, -0.1) is 0 Å². The van der Waals surface area contributed by atoms with Crippen LogP contribution < -0.4 is 16.0 Å². The molecule has 0 fully saturated rings. The average Bonchev–Trinajstić information content (AvgIpc) is 2.33. The van der Waals surface area contributed by atoms with Crippen molar-refractivity contribution >= 4 is 11.8 Å². The van der Waals surface area contributed by atoms with Crippen molar-refractivity contribution < 1.29 is 0 Å². The highest BCUT2D eigenvalue weighted by Crippen LogP contribution is 1.95. The van der Waals surface area contributed by atoms with Crippen LogP contribution in [0.15, 0.2) is 29.4 Å². The first kappa shape index (κ1) is 13.2. The molecule has 0 spiro atoms. The normalized spacial score (nSPS) is 8.00. The Morgan fingerprint density at radius 3 is 2.07 bits per heavy atom. The molecule has 0 bridgehead atoms. The number of nitrogens with one attached hydrogen (secondary N) is 3. The molecule has 0 unspecified atom stereocenters. The molecular weight excluding hydrogens is 190 g/mol. The number of guanidine groups is 1. The van der Waals surface area contributed by atoms with E-state index in [0.29, 0.717) is 0 Å². The molecule has 0 aliphatic heterocycles. The fraction of sp³-hybridized carbons (Fsp3) is 0.400.